The van der Waals surface area contributed by atoms with E-state index >= 15 is 0 Å². The highest BCUT2D eigenvalue weighted by Gasteiger charge is 2.41. The number of nitrogens with zero attached hydrogens (tertiary/aromatic N) is 1. The van der Waals surface area contributed by atoms with E-state index in [2.05, 4.69) is 78.1 Å². The SMILES string of the molecule is N#CCCC(c1ccccc1)(c1ccc(Nc2ccccc2)cc1)C1CCCCC1. The zero-order valence-electron chi connectivity index (χ0n) is 17.6. The van der Waals surface area contributed by atoms with Crippen molar-refractivity contribution in [1.29, 1.82) is 5.26 Å². The van der Waals surface area contributed by atoms with Crippen molar-refractivity contribution in [2.24, 2.45) is 5.92 Å². The third kappa shape index (κ3) is 4.26. The molecule has 1 unspecified atom stereocenters. The van der Waals surface area contributed by atoms with Crippen LogP contribution in [0.4, 0.5) is 11.4 Å². The number of rotatable bonds is 7. The molecule has 0 amide bonds. The largest absolute Gasteiger partial charge is 0.356 e. The number of para-hydroxylation sites is 1. The molecular formula is C28H30N2. The lowest BCUT2D eigenvalue weighted by molar-refractivity contribution is 0.227. The summed E-state index contributed by atoms with van der Waals surface area (Å²) in [6.07, 6.45) is 7.85. The summed E-state index contributed by atoms with van der Waals surface area (Å²) in [4.78, 5) is 0. The zero-order valence-corrected chi connectivity index (χ0v) is 17.6. The maximum Gasteiger partial charge on any atom is 0.0622 e. The molecule has 0 aromatic heterocycles. The maximum absolute atomic E-state index is 9.47. The Morgan fingerprint density at radius 3 is 1.93 bits per heavy atom. The van der Waals surface area contributed by atoms with E-state index in [0.717, 1.165) is 17.8 Å². The summed E-state index contributed by atoms with van der Waals surface area (Å²) < 4.78 is 0. The first-order valence-corrected chi connectivity index (χ1v) is 11.2. The van der Waals surface area contributed by atoms with E-state index in [1.54, 1.807) is 0 Å². The number of hydrogen-bond donors (Lipinski definition) is 1. The third-order valence-electron chi connectivity index (χ3n) is 6.68. The Kier molecular flexibility index (Phi) is 6.50. The van der Waals surface area contributed by atoms with Gasteiger partial charge >= 0.3 is 0 Å². The molecule has 30 heavy (non-hydrogen) atoms. The Hall–Kier alpha value is -3.05. The van der Waals surface area contributed by atoms with Crippen molar-refractivity contribution in [2.45, 2.75) is 50.4 Å². The Balaban J connectivity index is 1.73. The highest BCUT2D eigenvalue weighted by molar-refractivity contribution is 5.60. The molecule has 152 valence electrons. The molecule has 1 N–H and O–H groups in total. The van der Waals surface area contributed by atoms with Gasteiger partial charge in [-0.15, -0.1) is 0 Å². The van der Waals surface area contributed by atoms with Gasteiger partial charge in [-0.05, 0) is 60.6 Å². The molecular weight excluding hydrogens is 364 g/mol. The van der Waals surface area contributed by atoms with Gasteiger partial charge in [0.2, 0.25) is 0 Å². The predicted molar refractivity (Wildman–Crippen MR) is 125 cm³/mol. The first-order chi connectivity index (χ1) is 14.8. The first kappa shape index (κ1) is 20.2. The lowest BCUT2D eigenvalue weighted by Gasteiger charge is -2.44. The van der Waals surface area contributed by atoms with Crippen LogP contribution < -0.4 is 5.32 Å². The van der Waals surface area contributed by atoms with Crippen LogP contribution in [-0.4, -0.2) is 0 Å². The van der Waals surface area contributed by atoms with E-state index in [0.29, 0.717) is 12.3 Å². The van der Waals surface area contributed by atoms with Gasteiger partial charge in [0, 0.05) is 23.2 Å². The van der Waals surface area contributed by atoms with Crippen LogP contribution in [0.5, 0.6) is 0 Å². The molecule has 1 atom stereocenters. The van der Waals surface area contributed by atoms with Crippen LogP contribution in [-0.2, 0) is 5.41 Å². The highest BCUT2D eigenvalue weighted by atomic mass is 14.9. The van der Waals surface area contributed by atoms with Crippen LogP contribution in [0.15, 0.2) is 84.9 Å². The van der Waals surface area contributed by atoms with Crippen LogP contribution in [0.3, 0.4) is 0 Å². The predicted octanol–water partition coefficient (Wildman–Crippen LogP) is 7.60. The lowest BCUT2D eigenvalue weighted by Crippen LogP contribution is -2.38. The first-order valence-electron chi connectivity index (χ1n) is 11.2. The molecule has 0 spiro atoms. The standard InChI is InChI=1S/C28H30N2/c29-22-10-21-28(23-11-4-1-5-12-23,24-13-6-2-7-14-24)25-17-19-27(20-18-25)30-26-15-8-3-9-16-26/h1,3-5,8-9,11-12,15-20,24,30H,2,6-7,10,13-14,21H2. The number of anilines is 2. The Morgan fingerprint density at radius 2 is 1.30 bits per heavy atom. The van der Waals surface area contributed by atoms with Crippen molar-refractivity contribution in [1.82, 2.24) is 0 Å². The van der Waals surface area contributed by atoms with Crippen LogP contribution in [0, 0.1) is 17.2 Å². The highest BCUT2D eigenvalue weighted by Crippen LogP contribution is 2.49. The summed E-state index contributed by atoms with van der Waals surface area (Å²) in [7, 11) is 0. The number of benzene rings is 3. The summed E-state index contributed by atoms with van der Waals surface area (Å²) in [6, 6.07) is 32.6. The summed E-state index contributed by atoms with van der Waals surface area (Å²) in [6.45, 7) is 0. The second kappa shape index (κ2) is 9.63. The fourth-order valence-corrected chi connectivity index (χ4v) is 5.25. The van der Waals surface area contributed by atoms with Gasteiger partial charge in [0.1, 0.15) is 0 Å². The molecule has 1 aliphatic carbocycles. The second-order valence-electron chi connectivity index (χ2n) is 8.40. The third-order valence-corrected chi connectivity index (χ3v) is 6.68. The van der Waals surface area contributed by atoms with E-state index in [9.17, 15) is 5.26 Å². The van der Waals surface area contributed by atoms with Gasteiger partial charge in [-0.1, -0.05) is 79.9 Å². The summed E-state index contributed by atoms with van der Waals surface area (Å²) in [5, 5.41) is 13.0. The molecule has 0 radical (unpaired) electrons. The van der Waals surface area contributed by atoms with E-state index in [4.69, 9.17) is 0 Å². The van der Waals surface area contributed by atoms with Crippen LogP contribution in [0.25, 0.3) is 0 Å². The molecule has 0 heterocycles. The van der Waals surface area contributed by atoms with Gasteiger partial charge in [0.15, 0.2) is 0 Å². The van der Waals surface area contributed by atoms with Crippen molar-refractivity contribution >= 4 is 11.4 Å². The lowest BCUT2D eigenvalue weighted by atomic mass is 9.59. The average Bonchev–Trinajstić information content (AvgIpc) is 2.83. The summed E-state index contributed by atoms with van der Waals surface area (Å²) >= 11 is 0. The Bertz CT molecular complexity index is 951. The minimum absolute atomic E-state index is 0.0946. The minimum Gasteiger partial charge on any atom is -0.356 e. The Labute approximate surface area is 180 Å². The van der Waals surface area contributed by atoms with Crippen LogP contribution >= 0.6 is 0 Å². The summed E-state index contributed by atoms with van der Waals surface area (Å²) in [5.41, 5.74) is 4.79. The van der Waals surface area contributed by atoms with Gasteiger partial charge in [-0.2, -0.15) is 5.26 Å². The fourth-order valence-electron chi connectivity index (χ4n) is 5.25. The Morgan fingerprint density at radius 1 is 0.733 bits per heavy atom. The van der Waals surface area contributed by atoms with Crippen molar-refractivity contribution in [2.75, 3.05) is 5.32 Å². The van der Waals surface area contributed by atoms with E-state index in [1.807, 2.05) is 18.2 Å². The smallest absolute Gasteiger partial charge is 0.0622 e. The number of nitriles is 1. The molecule has 3 aromatic rings. The molecule has 2 nitrogen and oxygen atoms in total. The molecule has 0 saturated heterocycles. The molecule has 4 rings (SSSR count). The van der Waals surface area contributed by atoms with Gasteiger partial charge in [0.05, 0.1) is 6.07 Å². The van der Waals surface area contributed by atoms with E-state index in [-0.39, 0.29) is 5.41 Å². The van der Waals surface area contributed by atoms with Gasteiger partial charge in [-0.3, -0.25) is 0 Å². The van der Waals surface area contributed by atoms with Crippen LogP contribution in [0.1, 0.15) is 56.1 Å². The van der Waals surface area contributed by atoms with Crippen molar-refractivity contribution in [3.63, 3.8) is 0 Å². The minimum atomic E-state index is -0.0946. The molecule has 0 bridgehead atoms. The normalized spacial score (nSPS) is 16.4. The second-order valence-corrected chi connectivity index (χ2v) is 8.40. The number of nitrogens with one attached hydrogen (secondary N) is 1. The summed E-state index contributed by atoms with van der Waals surface area (Å²) in [5.74, 6) is 0.579. The van der Waals surface area contributed by atoms with Crippen molar-refractivity contribution in [3.8, 4) is 6.07 Å². The molecule has 1 fully saturated rings. The van der Waals surface area contributed by atoms with Crippen molar-refractivity contribution in [3.05, 3.63) is 96.1 Å². The molecule has 2 heteroatoms. The fraction of sp³-hybridized carbons (Fsp3) is 0.321. The molecule has 1 aliphatic rings. The van der Waals surface area contributed by atoms with Gasteiger partial charge in [0.25, 0.3) is 0 Å². The molecule has 3 aromatic carbocycles. The monoisotopic (exact) mass is 394 g/mol. The molecule has 1 saturated carbocycles. The maximum atomic E-state index is 9.47. The molecule has 0 aliphatic heterocycles. The van der Waals surface area contributed by atoms with Crippen molar-refractivity contribution < 1.29 is 0 Å². The van der Waals surface area contributed by atoms with E-state index < -0.39 is 0 Å². The average molecular weight is 395 g/mol. The number of hydrogen-bond acceptors (Lipinski definition) is 2. The van der Waals surface area contributed by atoms with Gasteiger partial charge in [-0.25, -0.2) is 0 Å². The zero-order chi connectivity index (χ0) is 20.7. The van der Waals surface area contributed by atoms with E-state index in [1.165, 1.54) is 43.2 Å². The quantitative estimate of drug-likeness (QED) is 0.448. The van der Waals surface area contributed by atoms with Crippen LogP contribution in [0.2, 0.25) is 0 Å². The topological polar surface area (TPSA) is 35.8 Å². The van der Waals surface area contributed by atoms with Gasteiger partial charge < -0.3 is 5.32 Å².